The van der Waals surface area contributed by atoms with E-state index in [0.717, 1.165) is 6.42 Å². The second-order valence-corrected chi connectivity index (χ2v) is 6.19. The number of carbonyl (C=O) groups is 1. The highest BCUT2D eigenvalue weighted by molar-refractivity contribution is 8.00. The van der Waals surface area contributed by atoms with Crippen LogP contribution in [0.1, 0.15) is 24.8 Å². The minimum absolute atomic E-state index is 0.371. The summed E-state index contributed by atoms with van der Waals surface area (Å²) in [4.78, 5) is 12.5. The van der Waals surface area contributed by atoms with Crippen LogP contribution in [0.25, 0.3) is 0 Å². The normalized spacial score (nSPS) is 28.2. The zero-order valence-electron chi connectivity index (χ0n) is 9.98. The molecule has 0 bridgehead atoms. The maximum Gasteiger partial charge on any atom is 0.237 e. The number of amides is 1. The summed E-state index contributed by atoms with van der Waals surface area (Å²) in [6.45, 7) is 2.08. The van der Waals surface area contributed by atoms with Crippen molar-refractivity contribution in [2.45, 2.75) is 41.9 Å². The van der Waals surface area contributed by atoms with Gasteiger partial charge in [-0.05, 0) is 38.3 Å². The smallest absolute Gasteiger partial charge is 0.237 e. The molecule has 1 fully saturated rings. The summed E-state index contributed by atoms with van der Waals surface area (Å²) in [7, 11) is 0. The Hall–Kier alpha value is -1.00. The Kier molecular flexibility index (Phi) is 3.45. The number of benzene rings is 1. The summed E-state index contributed by atoms with van der Waals surface area (Å²) in [6, 6.07) is 8.38. The lowest BCUT2D eigenvalue weighted by Crippen LogP contribution is -2.50. The highest BCUT2D eigenvalue weighted by Gasteiger charge is 2.40. The number of carbonyl (C=O) groups excluding carboxylic acids is 1. The third-order valence-corrected chi connectivity index (χ3v) is 4.55. The van der Waals surface area contributed by atoms with Crippen molar-refractivity contribution >= 4 is 17.7 Å². The summed E-state index contributed by atoms with van der Waals surface area (Å²) < 4.78 is 0. The molecule has 1 aliphatic rings. The second kappa shape index (κ2) is 4.70. The predicted octanol–water partition coefficient (Wildman–Crippen LogP) is 1.82. The van der Waals surface area contributed by atoms with Gasteiger partial charge in [-0.3, -0.25) is 4.79 Å². The average Bonchev–Trinajstić information content (AvgIpc) is 2.61. The maximum atomic E-state index is 11.3. The van der Waals surface area contributed by atoms with Crippen LogP contribution >= 0.6 is 11.8 Å². The molecule has 1 aromatic carbocycles. The maximum absolute atomic E-state index is 11.3. The number of rotatable bonds is 3. The van der Waals surface area contributed by atoms with E-state index in [1.54, 1.807) is 11.8 Å². The average molecular weight is 250 g/mol. The first-order valence-corrected chi connectivity index (χ1v) is 6.70. The molecule has 92 valence electrons. The first-order chi connectivity index (χ1) is 7.99. The van der Waals surface area contributed by atoms with E-state index in [1.165, 1.54) is 10.5 Å². The standard InChI is InChI=1S/C13H18N2OS/c1-9-3-2-4-10(7-9)17-11-5-6-13(15,8-11)12(14)16/h2-4,7,11H,5-6,8,15H2,1H3,(H2,14,16). The molecule has 1 amide bonds. The minimum Gasteiger partial charge on any atom is -0.368 e. The molecular weight excluding hydrogens is 232 g/mol. The van der Waals surface area contributed by atoms with Crippen LogP contribution in [0.3, 0.4) is 0 Å². The topological polar surface area (TPSA) is 69.1 Å². The van der Waals surface area contributed by atoms with Gasteiger partial charge in [0.2, 0.25) is 5.91 Å². The Morgan fingerprint density at radius 2 is 2.29 bits per heavy atom. The molecule has 2 atom stereocenters. The summed E-state index contributed by atoms with van der Waals surface area (Å²) in [5.74, 6) is -0.371. The molecular formula is C13H18N2OS. The lowest BCUT2D eigenvalue weighted by molar-refractivity contribution is -0.122. The van der Waals surface area contributed by atoms with Crippen molar-refractivity contribution < 1.29 is 4.79 Å². The highest BCUT2D eigenvalue weighted by Crippen LogP contribution is 2.39. The lowest BCUT2D eigenvalue weighted by atomic mass is 9.99. The molecule has 4 N–H and O–H groups in total. The van der Waals surface area contributed by atoms with Crippen LogP contribution in [0.2, 0.25) is 0 Å². The molecule has 0 radical (unpaired) electrons. The third-order valence-electron chi connectivity index (χ3n) is 3.29. The van der Waals surface area contributed by atoms with Gasteiger partial charge in [0.1, 0.15) is 0 Å². The van der Waals surface area contributed by atoms with Crippen LogP contribution in [0.4, 0.5) is 0 Å². The van der Waals surface area contributed by atoms with Crippen LogP contribution < -0.4 is 11.5 Å². The number of primary amides is 1. The molecule has 0 aliphatic heterocycles. The van der Waals surface area contributed by atoms with Gasteiger partial charge in [-0.2, -0.15) is 0 Å². The fourth-order valence-corrected chi connectivity index (χ4v) is 3.65. The molecule has 0 heterocycles. The molecule has 1 saturated carbocycles. The van der Waals surface area contributed by atoms with Gasteiger partial charge in [0.25, 0.3) is 0 Å². The highest BCUT2D eigenvalue weighted by atomic mass is 32.2. The molecule has 3 nitrogen and oxygen atoms in total. The first-order valence-electron chi connectivity index (χ1n) is 5.82. The van der Waals surface area contributed by atoms with Crippen LogP contribution in [0.5, 0.6) is 0 Å². The van der Waals surface area contributed by atoms with Crippen molar-refractivity contribution in [2.24, 2.45) is 11.5 Å². The van der Waals surface area contributed by atoms with E-state index < -0.39 is 5.54 Å². The van der Waals surface area contributed by atoms with Gasteiger partial charge in [-0.15, -0.1) is 11.8 Å². The number of thioether (sulfide) groups is 1. The van der Waals surface area contributed by atoms with Gasteiger partial charge < -0.3 is 11.5 Å². The van der Waals surface area contributed by atoms with Crippen LogP contribution in [0, 0.1) is 6.92 Å². The van der Waals surface area contributed by atoms with Crippen molar-refractivity contribution in [2.75, 3.05) is 0 Å². The van der Waals surface area contributed by atoms with Gasteiger partial charge >= 0.3 is 0 Å². The molecule has 17 heavy (non-hydrogen) atoms. The van der Waals surface area contributed by atoms with Gasteiger partial charge in [-0.1, -0.05) is 17.7 Å². The van der Waals surface area contributed by atoms with Gasteiger partial charge in [0.05, 0.1) is 5.54 Å². The first kappa shape index (κ1) is 12.5. The Balaban J connectivity index is 2.01. The predicted molar refractivity (Wildman–Crippen MR) is 70.8 cm³/mol. The summed E-state index contributed by atoms with van der Waals surface area (Å²) in [5, 5.41) is 0.397. The summed E-state index contributed by atoms with van der Waals surface area (Å²) in [5.41, 5.74) is 11.8. The van der Waals surface area contributed by atoms with Crippen LogP contribution in [-0.4, -0.2) is 16.7 Å². The molecule has 2 rings (SSSR count). The Labute approximate surface area is 106 Å². The van der Waals surface area contributed by atoms with Crippen molar-refractivity contribution in [3.05, 3.63) is 29.8 Å². The molecule has 1 aromatic rings. The van der Waals surface area contributed by atoms with Crippen molar-refractivity contribution in [3.8, 4) is 0 Å². The van der Waals surface area contributed by atoms with Gasteiger partial charge in [-0.25, -0.2) is 0 Å². The number of hydrogen-bond acceptors (Lipinski definition) is 3. The van der Waals surface area contributed by atoms with E-state index >= 15 is 0 Å². The van der Waals surface area contributed by atoms with E-state index in [1.807, 2.05) is 0 Å². The SMILES string of the molecule is Cc1cccc(SC2CCC(N)(C(N)=O)C2)c1. The second-order valence-electron chi connectivity index (χ2n) is 4.82. The van der Waals surface area contributed by atoms with E-state index in [2.05, 4.69) is 31.2 Å². The number of nitrogens with two attached hydrogens (primary N) is 2. The number of hydrogen-bond donors (Lipinski definition) is 2. The molecule has 4 heteroatoms. The van der Waals surface area contributed by atoms with E-state index in [0.29, 0.717) is 18.1 Å². The fourth-order valence-electron chi connectivity index (χ4n) is 2.23. The van der Waals surface area contributed by atoms with Crippen LogP contribution in [0.15, 0.2) is 29.2 Å². The zero-order valence-corrected chi connectivity index (χ0v) is 10.8. The molecule has 0 spiro atoms. The Morgan fingerprint density at radius 1 is 1.53 bits per heavy atom. The fraction of sp³-hybridized carbons (Fsp3) is 0.462. The third kappa shape index (κ3) is 2.82. The zero-order chi connectivity index (χ0) is 12.5. The molecule has 0 saturated heterocycles. The minimum atomic E-state index is -0.790. The summed E-state index contributed by atoms with van der Waals surface area (Å²) >= 11 is 1.80. The quantitative estimate of drug-likeness (QED) is 0.859. The van der Waals surface area contributed by atoms with E-state index in [-0.39, 0.29) is 5.91 Å². The summed E-state index contributed by atoms with van der Waals surface area (Å²) in [6.07, 6.45) is 2.34. The van der Waals surface area contributed by atoms with Crippen LogP contribution in [-0.2, 0) is 4.79 Å². The monoisotopic (exact) mass is 250 g/mol. The van der Waals surface area contributed by atoms with E-state index in [9.17, 15) is 4.79 Å². The van der Waals surface area contributed by atoms with Gasteiger partial charge in [0, 0.05) is 10.1 Å². The van der Waals surface area contributed by atoms with Crippen molar-refractivity contribution in [3.63, 3.8) is 0 Å². The molecule has 0 aromatic heterocycles. The largest absolute Gasteiger partial charge is 0.368 e. The lowest BCUT2D eigenvalue weighted by Gasteiger charge is -2.19. The molecule has 2 unspecified atom stereocenters. The van der Waals surface area contributed by atoms with Crippen molar-refractivity contribution in [1.82, 2.24) is 0 Å². The Morgan fingerprint density at radius 3 is 2.88 bits per heavy atom. The van der Waals surface area contributed by atoms with Crippen molar-refractivity contribution in [1.29, 1.82) is 0 Å². The van der Waals surface area contributed by atoms with Gasteiger partial charge in [0.15, 0.2) is 0 Å². The van der Waals surface area contributed by atoms with E-state index in [4.69, 9.17) is 11.5 Å². The molecule has 1 aliphatic carbocycles. The number of aryl methyl sites for hydroxylation is 1. The Bertz CT molecular complexity index is 435.